The molecule has 0 aliphatic carbocycles. The number of thiazole rings is 1. The van der Waals surface area contributed by atoms with Crippen molar-refractivity contribution in [2.45, 2.75) is 32.7 Å². The van der Waals surface area contributed by atoms with E-state index in [2.05, 4.69) is 27.9 Å². The molecule has 0 N–H and O–H groups in total. The fourth-order valence-electron chi connectivity index (χ4n) is 3.57. The van der Waals surface area contributed by atoms with Gasteiger partial charge in [0.2, 0.25) is 0 Å². The lowest BCUT2D eigenvalue weighted by Crippen LogP contribution is -2.30. The summed E-state index contributed by atoms with van der Waals surface area (Å²) in [7, 11) is 0. The van der Waals surface area contributed by atoms with Crippen molar-refractivity contribution in [1.29, 1.82) is 0 Å². The molecular formula is C20H20N4OS. The average Bonchev–Trinajstić information content (AvgIpc) is 3.33. The number of hydrogen-bond acceptors (Lipinski definition) is 5. The van der Waals surface area contributed by atoms with Gasteiger partial charge in [0.25, 0.3) is 5.91 Å². The van der Waals surface area contributed by atoms with Crippen LogP contribution in [-0.2, 0) is 0 Å². The normalized spacial score (nSPS) is 16.8. The second-order valence-corrected chi connectivity index (χ2v) is 7.52. The molecule has 5 nitrogen and oxygen atoms in total. The first kappa shape index (κ1) is 16.8. The number of aromatic nitrogens is 3. The molecule has 1 saturated heterocycles. The Hall–Kier alpha value is -2.60. The van der Waals surface area contributed by atoms with Gasteiger partial charge in [-0.1, -0.05) is 0 Å². The molecule has 4 rings (SSSR count). The summed E-state index contributed by atoms with van der Waals surface area (Å²) in [6.45, 7) is 4.86. The molecule has 0 saturated carbocycles. The van der Waals surface area contributed by atoms with Gasteiger partial charge in [-0.2, -0.15) is 0 Å². The van der Waals surface area contributed by atoms with Crippen LogP contribution in [0.5, 0.6) is 0 Å². The van der Waals surface area contributed by atoms with Gasteiger partial charge in [-0.15, -0.1) is 11.3 Å². The Kier molecular flexibility index (Phi) is 4.51. The highest BCUT2D eigenvalue weighted by Gasteiger charge is 2.32. The quantitative estimate of drug-likeness (QED) is 0.699. The molecule has 3 aromatic rings. The molecule has 0 aromatic carbocycles. The average molecular weight is 364 g/mol. The Morgan fingerprint density at radius 3 is 2.85 bits per heavy atom. The van der Waals surface area contributed by atoms with Crippen LogP contribution < -0.4 is 0 Å². The molecule has 1 fully saturated rings. The Morgan fingerprint density at radius 1 is 1.23 bits per heavy atom. The molecule has 3 aromatic heterocycles. The van der Waals surface area contributed by atoms with E-state index in [-0.39, 0.29) is 11.9 Å². The maximum atomic E-state index is 12.8. The highest BCUT2D eigenvalue weighted by molar-refractivity contribution is 7.11. The molecule has 0 bridgehead atoms. The van der Waals surface area contributed by atoms with Gasteiger partial charge < -0.3 is 4.90 Å². The molecular weight excluding hydrogens is 344 g/mol. The van der Waals surface area contributed by atoms with Crippen LogP contribution >= 0.6 is 11.3 Å². The van der Waals surface area contributed by atoms with Crippen LogP contribution in [0.4, 0.5) is 0 Å². The minimum absolute atomic E-state index is 0.0724. The van der Waals surface area contributed by atoms with Crippen molar-refractivity contribution < 1.29 is 4.79 Å². The van der Waals surface area contributed by atoms with Gasteiger partial charge >= 0.3 is 0 Å². The van der Waals surface area contributed by atoms with Gasteiger partial charge in [0, 0.05) is 30.2 Å². The van der Waals surface area contributed by atoms with Crippen LogP contribution in [0.15, 0.2) is 42.3 Å². The summed E-state index contributed by atoms with van der Waals surface area (Å²) < 4.78 is 0. The summed E-state index contributed by atoms with van der Waals surface area (Å²) in [6.07, 6.45) is 7.38. The van der Waals surface area contributed by atoms with Gasteiger partial charge in [-0.05, 0) is 56.0 Å². The molecule has 1 aliphatic rings. The number of pyridine rings is 2. The minimum atomic E-state index is 0.0724. The predicted molar refractivity (Wildman–Crippen MR) is 102 cm³/mol. The van der Waals surface area contributed by atoms with Crippen molar-refractivity contribution in [3.8, 4) is 11.3 Å². The fourth-order valence-corrected chi connectivity index (χ4v) is 4.15. The second kappa shape index (κ2) is 6.96. The Labute approximate surface area is 156 Å². The molecule has 1 unspecified atom stereocenters. The second-order valence-electron chi connectivity index (χ2n) is 6.63. The number of hydrogen-bond donors (Lipinski definition) is 0. The Morgan fingerprint density at radius 2 is 2.12 bits per heavy atom. The summed E-state index contributed by atoms with van der Waals surface area (Å²) >= 11 is 1.40. The summed E-state index contributed by atoms with van der Waals surface area (Å²) in [4.78, 5) is 28.4. The fraction of sp³-hybridized carbons (Fsp3) is 0.300. The number of rotatable bonds is 3. The van der Waals surface area contributed by atoms with E-state index in [9.17, 15) is 4.79 Å². The molecule has 0 radical (unpaired) electrons. The van der Waals surface area contributed by atoms with E-state index in [1.54, 1.807) is 11.7 Å². The number of carbonyl (C=O) groups excluding carboxylic acids is 1. The lowest BCUT2D eigenvalue weighted by Gasteiger charge is -2.25. The third kappa shape index (κ3) is 3.12. The third-order valence-corrected chi connectivity index (χ3v) is 5.62. The summed E-state index contributed by atoms with van der Waals surface area (Å²) in [5, 5.41) is 0. The lowest BCUT2D eigenvalue weighted by molar-refractivity contribution is 0.0740. The molecule has 1 atom stereocenters. The van der Waals surface area contributed by atoms with Gasteiger partial charge in [0.1, 0.15) is 4.88 Å². The predicted octanol–water partition coefficient (Wildman–Crippen LogP) is 4.19. The van der Waals surface area contributed by atoms with Crippen LogP contribution in [0, 0.1) is 13.8 Å². The van der Waals surface area contributed by atoms with E-state index < -0.39 is 0 Å². The number of amides is 1. The number of aryl methyl sites for hydroxylation is 2. The van der Waals surface area contributed by atoms with Crippen molar-refractivity contribution >= 4 is 17.2 Å². The van der Waals surface area contributed by atoms with Crippen LogP contribution in [0.3, 0.4) is 0 Å². The topological polar surface area (TPSA) is 59.0 Å². The molecule has 1 aliphatic heterocycles. The first-order valence-electron chi connectivity index (χ1n) is 8.72. The number of likely N-dealkylation sites (tertiary alicyclic amines) is 1. The highest BCUT2D eigenvalue weighted by atomic mass is 32.1. The number of carbonyl (C=O) groups is 1. The Bertz CT molecular complexity index is 939. The minimum Gasteiger partial charge on any atom is -0.331 e. The summed E-state index contributed by atoms with van der Waals surface area (Å²) in [6, 6.07) is 6.21. The molecule has 26 heavy (non-hydrogen) atoms. The third-order valence-electron chi connectivity index (χ3n) is 4.86. The van der Waals surface area contributed by atoms with E-state index in [1.165, 1.54) is 16.9 Å². The smallest absolute Gasteiger partial charge is 0.266 e. The summed E-state index contributed by atoms with van der Waals surface area (Å²) in [5.74, 6) is 0.0724. The molecule has 132 valence electrons. The zero-order chi connectivity index (χ0) is 18.1. The van der Waals surface area contributed by atoms with E-state index in [0.717, 1.165) is 41.9 Å². The SMILES string of the molecule is Cc1cc(-c2cc(C)c(C3CCCN3C(=O)c3cncs3)cn2)ccn1. The van der Waals surface area contributed by atoms with Crippen molar-refractivity contribution in [2.75, 3.05) is 6.54 Å². The summed E-state index contributed by atoms with van der Waals surface area (Å²) in [5.41, 5.74) is 6.99. The van der Waals surface area contributed by atoms with Crippen molar-refractivity contribution in [3.05, 3.63) is 64.0 Å². The lowest BCUT2D eigenvalue weighted by atomic mass is 9.99. The van der Waals surface area contributed by atoms with Crippen LogP contribution in [0.25, 0.3) is 11.3 Å². The maximum absolute atomic E-state index is 12.8. The van der Waals surface area contributed by atoms with Crippen LogP contribution in [0.1, 0.15) is 45.4 Å². The van der Waals surface area contributed by atoms with E-state index in [4.69, 9.17) is 0 Å². The van der Waals surface area contributed by atoms with Gasteiger partial charge in [-0.25, -0.2) is 0 Å². The maximum Gasteiger partial charge on any atom is 0.266 e. The van der Waals surface area contributed by atoms with Gasteiger partial charge in [-0.3, -0.25) is 19.7 Å². The Balaban J connectivity index is 1.64. The van der Waals surface area contributed by atoms with Gasteiger partial charge in [0.15, 0.2) is 0 Å². The van der Waals surface area contributed by atoms with Crippen LogP contribution in [-0.4, -0.2) is 32.3 Å². The molecule has 4 heterocycles. The van der Waals surface area contributed by atoms with Crippen LogP contribution in [0.2, 0.25) is 0 Å². The van der Waals surface area contributed by atoms with Crippen molar-refractivity contribution in [1.82, 2.24) is 19.9 Å². The molecule has 0 spiro atoms. The first-order chi connectivity index (χ1) is 12.6. The zero-order valence-corrected chi connectivity index (χ0v) is 15.7. The van der Waals surface area contributed by atoms with Crippen molar-refractivity contribution in [3.63, 3.8) is 0 Å². The monoisotopic (exact) mass is 364 g/mol. The van der Waals surface area contributed by atoms with Crippen molar-refractivity contribution in [2.24, 2.45) is 0 Å². The molecule has 6 heteroatoms. The number of nitrogens with zero attached hydrogens (tertiary/aromatic N) is 4. The first-order valence-corrected chi connectivity index (χ1v) is 9.60. The molecule has 1 amide bonds. The van der Waals surface area contributed by atoms with Gasteiger partial charge in [0.05, 0.1) is 23.4 Å². The highest BCUT2D eigenvalue weighted by Crippen LogP contribution is 2.35. The standard InChI is InChI=1S/C20H20N4OS/c1-13-8-17(15-5-6-22-14(2)9-15)23-10-16(13)18-4-3-7-24(18)20(25)19-11-21-12-26-19/h5-6,8-12,18H,3-4,7H2,1-2H3. The zero-order valence-electron chi connectivity index (χ0n) is 14.8. The van der Waals surface area contributed by atoms with E-state index in [0.29, 0.717) is 4.88 Å². The largest absolute Gasteiger partial charge is 0.331 e. The van der Waals surface area contributed by atoms with E-state index >= 15 is 0 Å². The van der Waals surface area contributed by atoms with E-state index in [1.807, 2.05) is 36.4 Å².